The lowest BCUT2D eigenvalue weighted by molar-refractivity contribution is -0.119. The van der Waals surface area contributed by atoms with Crippen molar-refractivity contribution >= 4 is 23.2 Å². The number of hydrogen-bond donors (Lipinski definition) is 3. The summed E-state index contributed by atoms with van der Waals surface area (Å²) in [5.74, 6) is 0.0532. The van der Waals surface area contributed by atoms with Crippen LogP contribution < -0.4 is 16.4 Å². The summed E-state index contributed by atoms with van der Waals surface area (Å²) in [5.41, 5.74) is 7.87. The molecule has 1 saturated carbocycles. The van der Waals surface area contributed by atoms with Crippen molar-refractivity contribution in [3.05, 3.63) is 28.8 Å². The molecule has 120 valence electrons. The van der Waals surface area contributed by atoms with E-state index >= 15 is 0 Å². The van der Waals surface area contributed by atoms with E-state index in [1.807, 2.05) is 19.2 Å². The zero-order chi connectivity index (χ0) is 15.7. The minimum absolute atomic E-state index is 0.00260. The first-order valence-corrected chi connectivity index (χ1v) is 8.48. The molecule has 4 nitrogen and oxygen atoms in total. The van der Waals surface area contributed by atoms with E-state index in [9.17, 15) is 4.79 Å². The molecule has 1 saturated heterocycles. The molecule has 1 amide bonds. The van der Waals surface area contributed by atoms with E-state index in [0.29, 0.717) is 5.92 Å². The van der Waals surface area contributed by atoms with Crippen molar-refractivity contribution in [2.75, 3.05) is 12.4 Å². The molecule has 0 aromatic heterocycles. The van der Waals surface area contributed by atoms with Crippen molar-refractivity contribution in [3.8, 4) is 0 Å². The van der Waals surface area contributed by atoms with Crippen molar-refractivity contribution in [2.45, 2.75) is 56.0 Å². The first-order valence-electron chi connectivity index (χ1n) is 8.10. The first kappa shape index (κ1) is 15.6. The molecule has 1 aromatic rings. The summed E-state index contributed by atoms with van der Waals surface area (Å²) in [6.45, 7) is 0. The second-order valence-corrected chi connectivity index (χ2v) is 7.02. The van der Waals surface area contributed by atoms with Crippen LogP contribution in [0.1, 0.15) is 50.0 Å². The van der Waals surface area contributed by atoms with Gasteiger partial charge in [-0.3, -0.25) is 10.1 Å². The number of nitrogens with two attached hydrogens (primary N) is 1. The lowest BCUT2D eigenvalue weighted by Gasteiger charge is -2.40. The molecule has 1 spiro atoms. The van der Waals surface area contributed by atoms with Gasteiger partial charge in [0.25, 0.3) is 0 Å². The fourth-order valence-corrected chi connectivity index (χ4v) is 4.48. The normalized spacial score (nSPS) is 27.0. The molecule has 1 aliphatic heterocycles. The number of carbonyl (C=O) groups excluding carboxylic acids is 1. The second-order valence-electron chi connectivity index (χ2n) is 6.59. The van der Waals surface area contributed by atoms with Gasteiger partial charge < -0.3 is 11.1 Å². The number of amides is 1. The number of benzene rings is 1. The highest BCUT2D eigenvalue weighted by Crippen LogP contribution is 2.48. The number of nitrogens with one attached hydrogen (secondary N) is 2. The SMILES string of the molecule is CNc1cc(Cl)ccc1C1CC(C(N)=O)NC12CCCCC2. The Morgan fingerprint density at radius 2 is 2.09 bits per heavy atom. The zero-order valence-corrected chi connectivity index (χ0v) is 13.7. The average molecular weight is 322 g/mol. The Labute approximate surface area is 136 Å². The van der Waals surface area contributed by atoms with Crippen LogP contribution in [-0.2, 0) is 4.79 Å². The van der Waals surface area contributed by atoms with Gasteiger partial charge in [0.1, 0.15) is 0 Å². The van der Waals surface area contributed by atoms with E-state index < -0.39 is 0 Å². The topological polar surface area (TPSA) is 67.1 Å². The van der Waals surface area contributed by atoms with Crippen LogP contribution in [0.5, 0.6) is 0 Å². The van der Waals surface area contributed by atoms with E-state index in [4.69, 9.17) is 17.3 Å². The van der Waals surface area contributed by atoms with Gasteiger partial charge in [-0.2, -0.15) is 0 Å². The Balaban J connectivity index is 2.00. The minimum Gasteiger partial charge on any atom is -0.388 e. The number of primary amides is 1. The standard InChI is InChI=1S/C17H24ClN3O/c1-20-14-9-11(18)5-6-12(14)13-10-15(16(19)22)21-17(13)7-3-2-4-8-17/h5-6,9,13,15,20-21H,2-4,7-8,10H2,1H3,(H2,19,22). The van der Waals surface area contributed by atoms with Crippen molar-refractivity contribution in [1.29, 1.82) is 0 Å². The molecule has 2 atom stereocenters. The Kier molecular flexibility index (Phi) is 4.33. The molecule has 2 aliphatic rings. The molecule has 1 aromatic carbocycles. The molecule has 1 aliphatic carbocycles. The maximum atomic E-state index is 11.7. The van der Waals surface area contributed by atoms with Crippen LogP contribution in [-0.4, -0.2) is 24.5 Å². The van der Waals surface area contributed by atoms with E-state index in [0.717, 1.165) is 30.0 Å². The number of anilines is 1. The number of halogens is 1. The van der Waals surface area contributed by atoms with Crippen LogP contribution in [0.2, 0.25) is 5.02 Å². The Hall–Kier alpha value is -1.26. The van der Waals surface area contributed by atoms with Crippen LogP contribution >= 0.6 is 11.6 Å². The third-order valence-corrected chi connectivity index (χ3v) is 5.58. The predicted molar refractivity (Wildman–Crippen MR) is 90.3 cm³/mol. The van der Waals surface area contributed by atoms with Crippen molar-refractivity contribution in [1.82, 2.24) is 5.32 Å². The van der Waals surface area contributed by atoms with Crippen LogP contribution in [0.15, 0.2) is 18.2 Å². The van der Waals surface area contributed by atoms with Crippen LogP contribution in [0, 0.1) is 0 Å². The lowest BCUT2D eigenvalue weighted by atomic mass is 9.71. The van der Waals surface area contributed by atoms with Crippen molar-refractivity contribution < 1.29 is 4.79 Å². The van der Waals surface area contributed by atoms with Gasteiger partial charge in [0, 0.05) is 29.2 Å². The molecule has 3 rings (SSSR count). The number of rotatable bonds is 3. The maximum absolute atomic E-state index is 11.7. The summed E-state index contributed by atoms with van der Waals surface area (Å²) in [5, 5.41) is 7.56. The highest BCUT2D eigenvalue weighted by Gasteiger charge is 2.49. The quantitative estimate of drug-likeness (QED) is 0.801. The lowest BCUT2D eigenvalue weighted by Crippen LogP contribution is -2.50. The van der Waals surface area contributed by atoms with E-state index in [1.165, 1.54) is 24.8 Å². The van der Waals surface area contributed by atoms with Crippen molar-refractivity contribution in [2.24, 2.45) is 5.73 Å². The summed E-state index contributed by atoms with van der Waals surface area (Å²) in [6, 6.07) is 5.76. The van der Waals surface area contributed by atoms with Crippen LogP contribution in [0.25, 0.3) is 0 Å². The molecule has 1 heterocycles. The monoisotopic (exact) mass is 321 g/mol. The van der Waals surface area contributed by atoms with E-state index in [1.54, 1.807) is 0 Å². The summed E-state index contributed by atoms with van der Waals surface area (Å²) < 4.78 is 0. The van der Waals surface area contributed by atoms with E-state index in [-0.39, 0.29) is 17.5 Å². The van der Waals surface area contributed by atoms with Crippen LogP contribution in [0.4, 0.5) is 5.69 Å². The number of hydrogen-bond acceptors (Lipinski definition) is 3. The largest absolute Gasteiger partial charge is 0.388 e. The van der Waals surface area contributed by atoms with Crippen molar-refractivity contribution in [3.63, 3.8) is 0 Å². The third kappa shape index (κ3) is 2.70. The molecule has 22 heavy (non-hydrogen) atoms. The fourth-order valence-electron chi connectivity index (χ4n) is 4.30. The molecule has 2 unspecified atom stereocenters. The molecule has 4 N–H and O–H groups in total. The summed E-state index contributed by atoms with van der Waals surface area (Å²) in [6.07, 6.45) is 6.66. The molecule has 2 fully saturated rings. The smallest absolute Gasteiger partial charge is 0.234 e. The molecule has 0 bridgehead atoms. The second kappa shape index (κ2) is 6.09. The van der Waals surface area contributed by atoms with Gasteiger partial charge in [-0.05, 0) is 37.0 Å². The summed E-state index contributed by atoms with van der Waals surface area (Å²) in [4.78, 5) is 11.7. The molecule has 0 radical (unpaired) electrons. The van der Waals surface area contributed by atoms with Gasteiger partial charge in [0.15, 0.2) is 0 Å². The first-order chi connectivity index (χ1) is 10.6. The Morgan fingerprint density at radius 3 is 2.73 bits per heavy atom. The zero-order valence-electron chi connectivity index (χ0n) is 13.0. The summed E-state index contributed by atoms with van der Waals surface area (Å²) in [7, 11) is 1.91. The predicted octanol–water partition coefficient (Wildman–Crippen LogP) is 3.02. The average Bonchev–Trinajstić information content (AvgIpc) is 2.87. The van der Waals surface area contributed by atoms with Gasteiger partial charge in [0.05, 0.1) is 6.04 Å². The Morgan fingerprint density at radius 1 is 1.36 bits per heavy atom. The number of carbonyl (C=O) groups is 1. The van der Waals surface area contributed by atoms with Gasteiger partial charge in [0.2, 0.25) is 5.91 Å². The molecule has 5 heteroatoms. The van der Waals surface area contributed by atoms with Gasteiger partial charge in [-0.1, -0.05) is 36.9 Å². The van der Waals surface area contributed by atoms with Gasteiger partial charge in [-0.15, -0.1) is 0 Å². The maximum Gasteiger partial charge on any atom is 0.234 e. The van der Waals surface area contributed by atoms with Gasteiger partial charge >= 0.3 is 0 Å². The fraction of sp³-hybridized carbons (Fsp3) is 0.588. The third-order valence-electron chi connectivity index (χ3n) is 5.35. The molecular weight excluding hydrogens is 298 g/mol. The highest BCUT2D eigenvalue weighted by molar-refractivity contribution is 6.30. The summed E-state index contributed by atoms with van der Waals surface area (Å²) >= 11 is 6.13. The van der Waals surface area contributed by atoms with E-state index in [2.05, 4.69) is 16.7 Å². The Bertz CT molecular complexity index is 569. The van der Waals surface area contributed by atoms with Crippen LogP contribution in [0.3, 0.4) is 0 Å². The van der Waals surface area contributed by atoms with Gasteiger partial charge in [-0.25, -0.2) is 0 Å². The highest BCUT2D eigenvalue weighted by atomic mass is 35.5. The molecular formula is C17H24ClN3O. The minimum atomic E-state index is -0.243.